The van der Waals surface area contributed by atoms with Crippen LogP contribution >= 0.6 is 0 Å². The lowest BCUT2D eigenvalue weighted by Gasteiger charge is -2.38. The van der Waals surface area contributed by atoms with E-state index in [9.17, 15) is 27.6 Å². The summed E-state index contributed by atoms with van der Waals surface area (Å²) in [6, 6.07) is 3.61. The maximum absolute atomic E-state index is 15.3. The first-order chi connectivity index (χ1) is 29.7. The number of nitrogens with zero attached hydrogens (tertiary/aromatic N) is 1. The van der Waals surface area contributed by atoms with Crippen LogP contribution in [0.2, 0.25) is 0 Å². The smallest absolute Gasteiger partial charge is 0.408 e. The molecule has 5 amide bonds. The molecule has 2 heterocycles. The summed E-state index contributed by atoms with van der Waals surface area (Å²) < 4.78 is 35.7. The summed E-state index contributed by atoms with van der Waals surface area (Å²) >= 11 is 0. The maximum Gasteiger partial charge on any atom is 0.408 e. The van der Waals surface area contributed by atoms with E-state index in [1.54, 1.807) is 29.3 Å². The highest BCUT2D eigenvalue weighted by Gasteiger charge is 2.85. The van der Waals surface area contributed by atoms with Crippen molar-refractivity contribution in [3.05, 3.63) is 30.5 Å². The Morgan fingerprint density at radius 3 is 2.16 bits per heavy atom. The molecule has 5 fully saturated rings. The molecule has 7 rings (SSSR count). The van der Waals surface area contributed by atoms with Gasteiger partial charge in [-0.1, -0.05) is 112 Å². The molecule has 4 aliphatic carbocycles. The normalized spacial score (nSPS) is 27.1. The van der Waals surface area contributed by atoms with Crippen LogP contribution in [0.25, 0.3) is 10.9 Å². The highest BCUT2D eigenvalue weighted by Crippen LogP contribution is 2.88. The number of hydrogen-bond acceptors (Lipinski definition) is 8. The third-order valence-corrected chi connectivity index (χ3v) is 17.8. The average Bonchev–Trinajstić information content (AvgIpc) is 3.72. The van der Waals surface area contributed by atoms with Crippen molar-refractivity contribution in [3.8, 4) is 0 Å². The standard InChI is InChI=1S/C48H72N6O8S/c1-9-17-33(18-10-2)62-43(59)50-37(30-19-13-12-14-20-30)40(56)51-38(44(4,5)6)41(57)54-29-47(45(7,8)46(47)24-16-25-46)28-34(54)39(55)52-48(27-32(48)11-3)42(58)53-63(60,61)35-22-15-21-31-23-26-49-36(31)35/h15,21-23,26,30,32-34,37-38,49H,9-14,16-20,24-25,27-29H2,1-8H3,(H,50,59)(H,51,56)(H,52,55)(H,53,58)/t32-,34+,37+,38-,47-,48-/m1/s1. The molecule has 5 N–H and O–H groups in total. The van der Waals surface area contributed by atoms with Gasteiger partial charge in [0.2, 0.25) is 17.7 Å². The molecule has 0 bridgehead atoms. The van der Waals surface area contributed by atoms with Crippen molar-refractivity contribution in [1.82, 2.24) is 30.6 Å². The molecule has 348 valence electrons. The number of likely N-dealkylation sites (tertiary alicyclic amines) is 1. The molecule has 2 spiro atoms. The van der Waals surface area contributed by atoms with Gasteiger partial charge in [-0.3, -0.25) is 19.2 Å². The van der Waals surface area contributed by atoms with Gasteiger partial charge in [0.25, 0.3) is 15.9 Å². The van der Waals surface area contributed by atoms with Gasteiger partial charge >= 0.3 is 6.09 Å². The minimum Gasteiger partial charge on any atom is -0.446 e. The van der Waals surface area contributed by atoms with Gasteiger partial charge in [0.15, 0.2) is 0 Å². The van der Waals surface area contributed by atoms with Gasteiger partial charge in [0.1, 0.15) is 34.7 Å². The summed E-state index contributed by atoms with van der Waals surface area (Å²) in [6.45, 7) is 16.4. The van der Waals surface area contributed by atoms with Crippen LogP contribution in [0, 0.1) is 33.5 Å². The molecule has 0 radical (unpaired) electrons. The zero-order valence-electron chi connectivity index (χ0n) is 38.8. The van der Waals surface area contributed by atoms with Crippen LogP contribution in [-0.2, 0) is 33.9 Å². The highest BCUT2D eigenvalue weighted by atomic mass is 32.2. The number of fused-ring (bicyclic) bond motifs is 2. The molecule has 15 heteroatoms. The number of benzene rings is 1. The number of para-hydroxylation sites is 1. The van der Waals surface area contributed by atoms with Crippen molar-refractivity contribution in [2.24, 2.45) is 33.5 Å². The number of hydrogen-bond donors (Lipinski definition) is 5. The second-order valence-corrected chi connectivity index (χ2v) is 22.8. The number of sulfonamides is 1. The number of carbonyl (C=O) groups excluding carboxylic acids is 5. The predicted octanol–water partition coefficient (Wildman–Crippen LogP) is 7.23. The van der Waals surface area contributed by atoms with Crippen LogP contribution in [0.1, 0.15) is 152 Å². The van der Waals surface area contributed by atoms with Gasteiger partial charge in [0.05, 0.1) is 5.52 Å². The number of aromatic nitrogens is 1. The van der Waals surface area contributed by atoms with E-state index in [-0.39, 0.29) is 45.5 Å². The van der Waals surface area contributed by atoms with Crippen molar-refractivity contribution in [2.75, 3.05) is 6.54 Å². The number of amides is 5. The first-order valence-electron chi connectivity index (χ1n) is 23.8. The molecule has 2 aromatic rings. The predicted molar refractivity (Wildman–Crippen MR) is 240 cm³/mol. The Balaban J connectivity index is 1.15. The van der Waals surface area contributed by atoms with E-state index in [4.69, 9.17) is 4.74 Å². The van der Waals surface area contributed by atoms with Crippen molar-refractivity contribution < 1.29 is 37.1 Å². The molecule has 1 aromatic heterocycles. The van der Waals surface area contributed by atoms with Gasteiger partial charge < -0.3 is 30.6 Å². The van der Waals surface area contributed by atoms with E-state index in [2.05, 4.69) is 39.5 Å². The van der Waals surface area contributed by atoms with Crippen LogP contribution < -0.4 is 20.7 Å². The van der Waals surface area contributed by atoms with Gasteiger partial charge in [-0.05, 0) is 91.6 Å². The Kier molecular flexibility index (Phi) is 12.9. The van der Waals surface area contributed by atoms with Crippen LogP contribution in [0.15, 0.2) is 35.4 Å². The van der Waals surface area contributed by atoms with Gasteiger partial charge in [-0.15, -0.1) is 0 Å². The monoisotopic (exact) mass is 893 g/mol. The fraction of sp³-hybridized carbons (Fsp3) is 0.729. The quantitative estimate of drug-likeness (QED) is 0.116. The summed E-state index contributed by atoms with van der Waals surface area (Å²) in [7, 11) is -4.34. The van der Waals surface area contributed by atoms with E-state index >= 15 is 4.79 Å². The summed E-state index contributed by atoms with van der Waals surface area (Å²) in [5.41, 5.74) is -2.47. The molecular weight excluding hydrogens is 821 g/mol. The third-order valence-electron chi connectivity index (χ3n) is 16.4. The lowest BCUT2D eigenvalue weighted by Crippen LogP contribution is -2.62. The molecule has 6 atom stereocenters. The van der Waals surface area contributed by atoms with Crippen LogP contribution in [0.4, 0.5) is 4.79 Å². The molecule has 14 nitrogen and oxygen atoms in total. The Bertz CT molecular complexity index is 2180. The molecular formula is C48H72N6O8S. The summed E-state index contributed by atoms with van der Waals surface area (Å²) in [5.74, 6) is -2.63. The summed E-state index contributed by atoms with van der Waals surface area (Å²) in [6.07, 6.45) is 12.5. The SMILES string of the molecule is CCCC(CCC)OC(=O)N[C@H](C(=O)N[C@H](C(=O)N1C[C@]2(C[C@H]1C(=O)N[C@]1(C(=O)NS(=O)(=O)c3cccc4cc[nH]c34)C[C@H]1CC)C(C)(C)C21CCC1)C(C)(C)C)C1CCCCC1. The van der Waals surface area contributed by atoms with E-state index in [0.717, 1.165) is 77.0 Å². The number of aromatic amines is 1. The van der Waals surface area contributed by atoms with Crippen molar-refractivity contribution in [1.29, 1.82) is 0 Å². The van der Waals surface area contributed by atoms with E-state index in [1.807, 2.05) is 41.5 Å². The number of alkyl carbamates (subject to hydrolysis) is 1. The molecule has 5 aliphatic rings. The fourth-order valence-electron chi connectivity index (χ4n) is 12.4. The van der Waals surface area contributed by atoms with Gasteiger partial charge in [-0.25, -0.2) is 17.9 Å². The van der Waals surface area contributed by atoms with Crippen LogP contribution in [0.3, 0.4) is 0 Å². The van der Waals surface area contributed by atoms with Crippen molar-refractivity contribution in [2.45, 2.75) is 186 Å². The van der Waals surface area contributed by atoms with E-state index < -0.39 is 68.8 Å². The Morgan fingerprint density at radius 1 is 0.905 bits per heavy atom. The van der Waals surface area contributed by atoms with Crippen molar-refractivity contribution >= 4 is 50.6 Å². The van der Waals surface area contributed by atoms with E-state index in [1.165, 1.54) is 6.07 Å². The number of H-pyrrole nitrogens is 1. The molecule has 4 saturated carbocycles. The number of carbonyl (C=O) groups is 5. The third kappa shape index (κ3) is 8.26. The number of ether oxygens (including phenoxy) is 1. The Hall–Kier alpha value is -4.14. The summed E-state index contributed by atoms with van der Waals surface area (Å²) in [4.78, 5) is 77.0. The summed E-state index contributed by atoms with van der Waals surface area (Å²) in [5, 5.41) is 9.73. The topological polar surface area (TPSA) is 196 Å². The first-order valence-corrected chi connectivity index (χ1v) is 25.2. The minimum atomic E-state index is -4.34. The zero-order valence-corrected chi connectivity index (χ0v) is 39.6. The Labute approximate surface area is 374 Å². The fourth-order valence-corrected chi connectivity index (χ4v) is 13.6. The number of nitrogens with one attached hydrogen (secondary N) is 5. The Morgan fingerprint density at radius 2 is 1.59 bits per heavy atom. The van der Waals surface area contributed by atoms with Gasteiger partial charge in [0, 0.05) is 23.5 Å². The van der Waals surface area contributed by atoms with Gasteiger partial charge in [-0.2, -0.15) is 0 Å². The molecule has 0 unspecified atom stereocenters. The van der Waals surface area contributed by atoms with Crippen molar-refractivity contribution in [3.63, 3.8) is 0 Å². The molecule has 1 saturated heterocycles. The van der Waals surface area contributed by atoms with Crippen LogP contribution in [-0.4, -0.2) is 84.3 Å². The maximum atomic E-state index is 15.3. The molecule has 1 aliphatic heterocycles. The zero-order chi connectivity index (χ0) is 45.8. The largest absolute Gasteiger partial charge is 0.446 e. The molecule has 63 heavy (non-hydrogen) atoms. The van der Waals surface area contributed by atoms with E-state index in [0.29, 0.717) is 30.3 Å². The first kappa shape index (κ1) is 46.8. The average molecular weight is 893 g/mol. The minimum absolute atomic E-state index is 0.0364. The lowest BCUT2D eigenvalue weighted by atomic mass is 9.73. The molecule has 1 aromatic carbocycles. The second kappa shape index (κ2) is 17.3. The lowest BCUT2D eigenvalue weighted by molar-refractivity contribution is -0.145. The van der Waals surface area contributed by atoms with Crippen LogP contribution in [0.5, 0.6) is 0 Å². The number of rotatable bonds is 16. The second-order valence-electron chi connectivity index (χ2n) is 21.2. The highest BCUT2D eigenvalue weighted by molar-refractivity contribution is 7.90.